The fourth-order valence-corrected chi connectivity index (χ4v) is 2.74. The van der Waals surface area contributed by atoms with Crippen LogP contribution < -0.4 is 0 Å². The highest BCUT2D eigenvalue weighted by Gasteiger charge is 2.35. The van der Waals surface area contributed by atoms with Crippen LogP contribution >= 0.6 is 0 Å². The molecule has 24 heavy (non-hydrogen) atoms. The van der Waals surface area contributed by atoms with Crippen LogP contribution in [0, 0.1) is 5.82 Å². The van der Waals surface area contributed by atoms with Crippen LogP contribution in [0.5, 0.6) is 0 Å². The third kappa shape index (κ3) is 3.93. The first-order valence-corrected chi connectivity index (χ1v) is 7.79. The lowest BCUT2D eigenvalue weighted by Crippen LogP contribution is -2.42. The lowest BCUT2D eigenvalue weighted by molar-refractivity contribution is -0.0494. The topological polar surface area (TPSA) is 33.2 Å². The summed E-state index contributed by atoms with van der Waals surface area (Å²) in [4.78, 5) is 18.1. The molecule has 2 heterocycles. The lowest BCUT2D eigenvalue weighted by atomic mass is 10.0. The van der Waals surface area contributed by atoms with Gasteiger partial charge in [0.25, 0.3) is 11.8 Å². The number of likely N-dealkylation sites (tertiary alicyclic amines) is 1. The molecule has 0 aliphatic carbocycles. The van der Waals surface area contributed by atoms with Crippen molar-refractivity contribution in [1.82, 2.24) is 9.88 Å². The zero-order valence-corrected chi connectivity index (χ0v) is 13.0. The van der Waals surface area contributed by atoms with Gasteiger partial charge in [-0.3, -0.25) is 9.78 Å². The molecular formula is C18H17F3N2O. The third-order valence-electron chi connectivity index (χ3n) is 4.14. The molecule has 0 bridgehead atoms. The minimum atomic E-state index is -2.68. The molecule has 1 aliphatic rings. The number of rotatable bonds is 3. The Balaban J connectivity index is 1.70. The second kappa shape index (κ2) is 6.63. The van der Waals surface area contributed by atoms with Gasteiger partial charge in [0, 0.05) is 49.8 Å². The van der Waals surface area contributed by atoms with Gasteiger partial charge in [-0.15, -0.1) is 0 Å². The van der Waals surface area contributed by atoms with Crippen LogP contribution in [0.2, 0.25) is 0 Å². The molecule has 1 fully saturated rings. The molecule has 0 radical (unpaired) electrons. The van der Waals surface area contributed by atoms with Crippen molar-refractivity contribution >= 4 is 5.91 Å². The van der Waals surface area contributed by atoms with E-state index in [-0.39, 0.29) is 37.7 Å². The Bertz CT molecular complexity index is 721. The van der Waals surface area contributed by atoms with Gasteiger partial charge in [0.05, 0.1) is 0 Å². The molecule has 2 aromatic rings. The first kappa shape index (κ1) is 16.5. The van der Waals surface area contributed by atoms with E-state index in [2.05, 4.69) is 4.98 Å². The maximum atomic E-state index is 13.2. The first-order valence-electron chi connectivity index (χ1n) is 7.79. The Hall–Kier alpha value is -2.37. The smallest absolute Gasteiger partial charge is 0.253 e. The highest BCUT2D eigenvalue weighted by molar-refractivity contribution is 5.94. The molecule has 0 unspecified atom stereocenters. The van der Waals surface area contributed by atoms with E-state index in [0.717, 1.165) is 5.56 Å². The van der Waals surface area contributed by atoms with E-state index in [4.69, 9.17) is 0 Å². The quantitative estimate of drug-likeness (QED) is 0.858. The second-order valence-electron chi connectivity index (χ2n) is 5.99. The van der Waals surface area contributed by atoms with Crippen LogP contribution in [0.1, 0.15) is 34.5 Å². The molecule has 0 spiro atoms. The van der Waals surface area contributed by atoms with Gasteiger partial charge < -0.3 is 4.90 Å². The molecular weight excluding hydrogens is 317 g/mol. The van der Waals surface area contributed by atoms with E-state index < -0.39 is 5.92 Å². The van der Waals surface area contributed by atoms with Crippen LogP contribution in [0.4, 0.5) is 13.2 Å². The monoisotopic (exact) mass is 334 g/mol. The number of carbonyl (C=O) groups is 1. The molecule has 0 atom stereocenters. The van der Waals surface area contributed by atoms with Gasteiger partial charge in [-0.1, -0.05) is 12.1 Å². The Morgan fingerprint density at radius 3 is 2.46 bits per heavy atom. The number of aromatic nitrogens is 1. The number of carbonyl (C=O) groups excluding carboxylic acids is 1. The van der Waals surface area contributed by atoms with Crippen molar-refractivity contribution < 1.29 is 18.0 Å². The fraction of sp³-hybridized carbons (Fsp3) is 0.333. The summed E-state index contributed by atoms with van der Waals surface area (Å²) in [6, 6.07) is 9.33. The predicted octanol–water partition coefficient (Wildman–Crippen LogP) is 3.68. The maximum Gasteiger partial charge on any atom is 0.253 e. The number of hydrogen-bond donors (Lipinski definition) is 0. The van der Waals surface area contributed by atoms with E-state index in [1.807, 2.05) is 0 Å². The summed E-state index contributed by atoms with van der Waals surface area (Å²) >= 11 is 0. The third-order valence-corrected chi connectivity index (χ3v) is 4.14. The molecule has 6 heteroatoms. The van der Waals surface area contributed by atoms with Crippen LogP contribution in [0.15, 0.2) is 42.6 Å². The second-order valence-corrected chi connectivity index (χ2v) is 5.99. The highest BCUT2D eigenvalue weighted by Crippen LogP contribution is 2.28. The summed E-state index contributed by atoms with van der Waals surface area (Å²) in [5.41, 5.74) is 1.99. The number of pyridine rings is 1. The molecule has 1 aromatic heterocycles. The molecule has 1 aliphatic heterocycles. The predicted molar refractivity (Wildman–Crippen MR) is 83.5 cm³/mol. The molecule has 3 rings (SSSR count). The lowest BCUT2D eigenvalue weighted by Gasteiger charge is -2.31. The van der Waals surface area contributed by atoms with Gasteiger partial charge in [0.15, 0.2) is 0 Å². The van der Waals surface area contributed by atoms with E-state index >= 15 is 0 Å². The maximum absolute atomic E-state index is 13.2. The number of nitrogens with zero attached hydrogens (tertiary/aromatic N) is 2. The Labute approximate surface area is 138 Å². The van der Waals surface area contributed by atoms with Gasteiger partial charge >= 0.3 is 0 Å². The molecule has 0 saturated carbocycles. The van der Waals surface area contributed by atoms with Gasteiger partial charge in [0.1, 0.15) is 5.82 Å². The van der Waals surface area contributed by atoms with Gasteiger partial charge in [-0.05, 0) is 29.8 Å². The molecule has 1 aromatic carbocycles. The molecule has 1 saturated heterocycles. The summed E-state index contributed by atoms with van der Waals surface area (Å²) in [5.74, 6) is -3.24. The number of halogens is 3. The number of amides is 1. The van der Waals surface area contributed by atoms with Crippen LogP contribution in [0.3, 0.4) is 0 Å². The minimum absolute atomic E-state index is 0.0570. The largest absolute Gasteiger partial charge is 0.338 e. The number of alkyl halides is 2. The van der Waals surface area contributed by atoms with Gasteiger partial charge in [-0.2, -0.15) is 0 Å². The summed E-state index contributed by atoms with van der Waals surface area (Å²) in [5, 5.41) is 0. The van der Waals surface area contributed by atoms with Crippen molar-refractivity contribution in [1.29, 1.82) is 0 Å². The van der Waals surface area contributed by atoms with Crippen molar-refractivity contribution in [2.45, 2.75) is 25.2 Å². The van der Waals surface area contributed by atoms with Crippen LogP contribution in [-0.4, -0.2) is 34.8 Å². The number of piperidine rings is 1. The summed E-state index contributed by atoms with van der Waals surface area (Å²) in [6.45, 7) is 0.114. The van der Waals surface area contributed by atoms with E-state index in [0.29, 0.717) is 17.7 Å². The fourth-order valence-electron chi connectivity index (χ4n) is 2.74. The van der Waals surface area contributed by atoms with Crippen molar-refractivity contribution in [3.8, 4) is 0 Å². The van der Waals surface area contributed by atoms with Crippen molar-refractivity contribution in [2.24, 2.45) is 0 Å². The molecule has 126 valence electrons. The molecule has 0 N–H and O–H groups in total. The van der Waals surface area contributed by atoms with Crippen molar-refractivity contribution in [3.05, 3.63) is 65.2 Å². The Kier molecular flexibility index (Phi) is 4.55. The average Bonchev–Trinajstić information content (AvgIpc) is 2.57. The Morgan fingerprint density at radius 1 is 1.12 bits per heavy atom. The summed E-state index contributed by atoms with van der Waals surface area (Å²) in [7, 11) is 0. The van der Waals surface area contributed by atoms with Gasteiger partial charge in [-0.25, -0.2) is 13.2 Å². The number of hydrogen-bond acceptors (Lipinski definition) is 2. The number of benzene rings is 1. The van der Waals surface area contributed by atoms with Gasteiger partial charge in [0.2, 0.25) is 0 Å². The minimum Gasteiger partial charge on any atom is -0.338 e. The highest BCUT2D eigenvalue weighted by atomic mass is 19.3. The van der Waals surface area contributed by atoms with E-state index in [1.165, 1.54) is 23.2 Å². The van der Waals surface area contributed by atoms with Crippen molar-refractivity contribution in [2.75, 3.05) is 13.1 Å². The normalized spacial score (nSPS) is 16.9. The van der Waals surface area contributed by atoms with E-state index in [9.17, 15) is 18.0 Å². The first-order chi connectivity index (χ1) is 11.4. The zero-order chi connectivity index (χ0) is 17.2. The van der Waals surface area contributed by atoms with Crippen molar-refractivity contribution in [3.63, 3.8) is 0 Å². The van der Waals surface area contributed by atoms with Crippen LogP contribution in [0.25, 0.3) is 0 Å². The standard InChI is InChI=1S/C18H17F3N2O/c19-15-3-1-13(2-4-15)11-16-12-14(5-8-22-16)17(24)23-9-6-18(20,21)7-10-23/h1-5,8,12H,6-7,9-11H2. The zero-order valence-electron chi connectivity index (χ0n) is 13.0. The summed E-state index contributed by atoms with van der Waals surface area (Å²) in [6.07, 6.45) is 1.41. The van der Waals surface area contributed by atoms with E-state index in [1.54, 1.807) is 24.3 Å². The molecule has 3 nitrogen and oxygen atoms in total. The summed E-state index contributed by atoms with van der Waals surface area (Å²) < 4.78 is 39.3. The molecule has 1 amide bonds. The van der Waals surface area contributed by atoms with Crippen LogP contribution in [-0.2, 0) is 6.42 Å². The average molecular weight is 334 g/mol. The Morgan fingerprint density at radius 2 is 1.79 bits per heavy atom. The SMILES string of the molecule is O=C(c1ccnc(Cc2ccc(F)cc2)c1)N1CCC(F)(F)CC1.